The molecule has 1 amide bonds. The Kier molecular flexibility index (Phi) is 5.86. The second-order valence-electron chi connectivity index (χ2n) is 5.36. The van der Waals surface area contributed by atoms with E-state index in [1.165, 1.54) is 0 Å². The number of rotatable bonds is 5. The molecule has 1 heterocycles. The third-order valence-corrected chi connectivity index (χ3v) is 4.16. The average Bonchev–Trinajstić information content (AvgIpc) is 2.48. The Morgan fingerprint density at radius 3 is 2.90 bits per heavy atom. The minimum atomic E-state index is 0.189. The Bertz CT molecular complexity index is 444. The van der Waals surface area contributed by atoms with Crippen LogP contribution in [-0.2, 0) is 11.2 Å². The number of nitrogens with zero attached hydrogens (tertiary/aromatic N) is 1. The first-order valence-electron chi connectivity index (χ1n) is 7.46. The number of nitrogens with one attached hydrogen (secondary N) is 1. The van der Waals surface area contributed by atoms with Crippen molar-refractivity contribution in [2.45, 2.75) is 38.6 Å². The molecule has 110 valence electrons. The van der Waals surface area contributed by atoms with Gasteiger partial charge < -0.3 is 10.2 Å². The monoisotopic (exact) mass is 294 g/mol. The molecule has 1 N–H and O–H groups in total. The molecule has 0 aromatic heterocycles. The van der Waals surface area contributed by atoms with E-state index in [-0.39, 0.29) is 5.91 Å². The first-order valence-corrected chi connectivity index (χ1v) is 7.83. The molecule has 20 heavy (non-hydrogen) atoms. The van der Waals surface area contributed by atoms with Gasteiger partial charge in [0.25, 0.3) is 0 Å². The third-order valence-electron chi connectivity index (χ3n) is 3.80. The molecular weight excluding hydrogens is 272 g/mol. The minimum absolute atomic E-state index is 0.189. The predicted molar refractivity (Wildman–Crippen MR) is 83.1 cm³/mol. The quantitative estimate of drug-likeness (QED) is 0.906. The molecule has 3 nitrogen and oxygen atoms in total. The van der Waals surface area contributed by atoms with E-state index in [2.05, 4.69) is 12.2 Å². The Labute approximate surface area is 126 Å². The molecule has 1 aromatic carbocycles. The number of benzene rings is 1. The maximum absolute atomic E-state index is 12.6. The molecule has 1 fully saturated rings. The summed E-state index contributed by atoms with van der Waals surface area (Å²) in [6, 6.07) is 7.94. The number of carbonyl (C=O) groups is 1. The molecule has 0 saturated carbocycles. The van der Waals surface area contributed by atoms with Gasteiger partial charge in [0.1, 0.15) is 0 Å². The maximum atomic E-state index is 12.6. The van der Waals surface area contributed by atoms with E-state index in [4.69, 9.17) is 11.6 Å². The fraction of sp³-hybridized carbons (Fsp3) is 0.562. The standard InChI is InChI=1S/C16H23ClN2O/c1-2-10-19(14-7-5-9-18-12-14)16(20)11-13-6-3-4-8-15(13)17/h3-4,6,8,14,18H,2,5,7,9-12H2,1H3. The second-order valence-corrected chi connectivity index (χ2v) is 5.76. The van der Waals surface area contributed by atoms with Crippen molar-refractivity contribution < 1.29 is 4.79 Å². The Balaban J connectivity index is 2.04. The van der Waals surface area contributed by atoms with Crippen molar-refractivity contribution >= 4 is 17.5 Å². The van der Waals surface area contributed by atoms with E-state index < -0.39 is 0 Å². The summed E-state index contributed by atoms with van der Waals surface area (Å²) < 4.78 is 0. The zero-order valence-electron chi connectivity index (χ0n) is 12.1. The average molecular weight is 295 g/mol. The van der Waals surface area contributed by atoms with Crippen LogP contribution in [0.2, 0.25) is 5.02 Å². The van der Waals surface area contributed by atoms with Crippen molar-refractivity contribution in [1.82, 2.24) is 10.2 Å². The number of halogens is 1. The van der Waals surface area contributed by atoms with Crippen molar-refractivity contribution in [2.24, 2.45) is 0 Å². The van der Waals surface area contributed by atoms with Crippen LogP contribution in [0.1, 0.15) is 31.7 Å². The summed E-state index contributed by atoms with van der Waals surface area (Å²) in [7, 11) is 0. The highest BCUT2D eigenvalue weighted by atomic mass is 35.5. The van der Waals surface area contributed by atoms with Crippen LogP contribution in [0.15, 0.2) is 24.3 Å². The fourth-order valence-corrected chi connectivity index (χ4v) is 2.96. The summed E-state index contributed by atoms with van der Waals surface area (Å²) in [5.74, 6) is 0.189. The molecule has 1 aliphatic heterocycles. The Hall–Kier alpha value is -1.06. The van der Waals surface area contributed by atoms with E-state index in [1.807, 2.05) is 29.2 Å². The van der Waals surface area contributed by atoms with E-state index in [0.717, 1.165) is 44.5 Å². The topological polar surface area (TPSA) is 32.3 Å². The van der Waals surface area contributed by atoms with Crippen LogP contribution in [0.4, 0.5) is 0 Å². The lowest BCUT2D eigenvalue weighted by atomic mass is 10.0. The van der Waals surface area contributed by atoms with Crippen LogP contribution in [0.25, 0.3) is 0 Å². The normalized spacial score (nSPS) is 18.8. The first-order chi connectivity index (χ1) is 9.72. The predicted octanol–water partition coefficient (Wildman–Crippen LogP) is 2.87. The molecule has 1 aromatic rings. The molecule has 1 atom stereocenters. The van der Waals surface area contributed by atoms with E-state index in [1.54, 1.807) is 0 Å². The summed E-state index contributed by atoms with van der Waals surface area (Å²) in [5.41, 5.74) is 0.920. The molecule has 4 heteroatoms. The van der Waals surface area contributed by atoms with Crippen LogP contribution in [0, 0.1) is 0 Å². The van der Waals surface area contributed by atoms with E-state index in [9.17, 15) is 4.79 Å². The molecule has 1 aliphatic rings. The van der Waals surface area contributed by atoms with Gasteiger partial charge in [-0.05, 0) is 37.4 Å². The molecule has 1 unspecified atom stereocenters. The van der Waals surface area contributed by atoms with Gasteiger partial charge in [0.05, 0.1) is 6.42 Å². The summed E-state index contributed by atoms with van der Waals surface area (Å²) in [6.45, 7) is 4.92. The molecule has 1 saturated heterocycles. The van der Waals surface area contributed by atoms with Gasteiger partial charge >= 0.3 is 0 Å². The van der Waals surface area contributed by atoms with E-state index >= 15 is 0 Å². The third kappa shape index (κ3) is 3.97. The smallest absolute Gasteiger partial charge is 0.227 e. The van der Waals surface area contributed by atoms with Gasteiger partial charge in [0.15, 0.2) is 0 Å². The zero-order chi connectivity index (χ0) is 14.4. The maximum Gasteiger partial charge on any atom is 0.227 e. The van der Waals surface area contributed by atoms with Crippen LogP contribution in [0.5, 0.6) is 0 Å². The van der Waals surface area contributed by atoms with Gasteiger partial charge in [-0.25, -0.2) is 0 Å². The highest BCUT2D eigenvalue weighted by Gasteiger charge is 2.24. The fourth-order valence-electron chi connectivity index (χ4n) is 2.76. The van der Waals surface area contributed by atoms with Gasteiger partial charge in [-0.15, -0.1) is 0 Å². The number of piperidine rings is 1. The molecule has 0 radical (unpaired) electrons. The number of hydrogen-bond donors (Lipinski definition) is 1. The summed E-state index contributed by atoms with van der Waals surface area (Å²) >= 11 is 6.15. The molecule has 0 bridgehead atoms. The van der Waals surface area contributed by atoms with Gasteiger partial charge in [-0.3, -0.25) is 4.79 Å². The van der Waals surface area contributed by atoms with Crippen molar-refractivity contribution in [3.05, 3.63) is 34.9 Å². The largest absolute Gasteiger partial charge is 0.338 e. The van der Waals surface area contributed by atoms with Crippen LogP contribution < -0.4 is 5.32 Å². The van der Waals surface area contributed by atoms with Crippen LogP contribution in [-0.4, -0.2) is 36.5 Å². The van der Waals surface area contributed by atoms with Crippen molar-refractivity contribution in [1.29, 1.82) is 0 Å². The molecule has 2 rings (SSSR count). The molecule has 0 spiro atoms. The zero-order valence-corrected chi connectivity index (χ0v) is 12.8. The van der Waals surface area contributed by atoms with E-state index in [0.29, 0.717) is 17.5 Å². The summed E-state index contributed by atoms with van der Waals surface area (Å²) in [6.07, 6.45) is 3.63. The molecular formula is C16H23ClN2O. The number of hydrogen-bond acceptors (Lipinski definition) is 2. The molecule has 0 aliphatic carbocycles. The summed E-state index contributed by atoms with van der Waals surface area (Å²) in [4.78, 5) is 14.6. The highest BCUT2D eigenvalue weighted by Crippen LogP contribution is 2.18. The Morgan fingerprint density at radius 2 is 2.25 bits per heavy atom. The number of carbonyl (C=O) groups excluding carboxylic acids is 1. The lowest BCUT2D eigenvalue weighted by Crippen LogP contribution is -2.49. The van der Waals surface area contributed by atoms with Crippen LogP contribution >= 0.6 is 11.6 Å². The highest BCUT2D eigenvalue weighted by molar-refractivity contribution is 6.31. The van der Waals surface area contributed by atoms with Crippen molar-refractivity contribution in [3.8, 4) is 0 Å². The van der Waals surface area contributed by atoms with Gasteiger partial charge in [-0.2, -0.15) is 0 Å². The second kappa shape index (κ2) is 7.65. The van der Waals surface area contributed by atoms with Gasteiger partial charge in [0, 0.05) is 24.2 Å². The number of amides is 1. The van der Waals surface area contributed by atoms with Gasteiger partial charge in [-0.1, -0.05) is 36.7 Å². The van der Waals surface area contributed by atoms with Crippen molar-refractivity contribution in [3.63, 3.8) is 0 Å². The first kappa shape index (κ1) is 15.3. The van der Waals surface area contributed by atoms with Crippen LogP contribution in [0.3, 0.4) is 0 Å². The summed E-state index contributed by atoms with van der Waals surface area (Å²) in [5, 5.41) is 4.06. The van der Waals surface area contributed by atoms with Crippen molar-refractivity contribution in [2.75, 3.05) is 19.6 Å². The lowest BCUT2D eigenvalue weighted by Gasteiger charge is -2.34. The minimum Gasteiger partial charge on any atom is -0.338 e. The SMILES string of the molecule is CCCN(C(=O)Cc1ccccc1Cl)C1CCCNC1. The Morgan fingerprint density at radius 1 is 1.45 bits per heavy atom. The van der Waals surface area contributed by atoms with Gasteiger partial charge in [0.2, 0.25) is 5.91 Å². The lowest BCUT2D eigenvalue weighted by molar-refractivity contribution is -0.133.